The van der Waals surface area contributed by atoms with Crippen LogP contribution in [0, 0.1) is 5.92 Å². The van der Waals surface area contributed by atoms with E-state index in [2.05, 4.69) is 76.5 Å². The molecule has 1 fully saturated rings. The number of para-hydroxylation sites is 1. The minimum Gasteiger partial charge on any atom is -0.369 e. The van der Waals surface area contributed by atoms with Crippen LogP contribution in [0.25, 0.3) is 5.57 Å². The molecule has 1 unspecified atom stereocenters. The maximum Gasteiger partial charge on any atom is 0.0367 e. The average Bonchev–Trinajstić information content (AvgIpc) is 2.70. The largest absolute Gasteiger partial charge is 0.369 e. The minimum absolute atomic E-state index is 0.809. The lowest BCUT2D eigenvalue weighted by Gasteiger charge is -2.38. The highest BCUT2D eigenvalue weighted by Gasteiger charge is 2.22. The maximum absolute atomic E-state index is 2.68. The van der Waals surface area contributed by atoms with Gasteiger partial charge in [-0.3, -0.25) is 4.90 Å². The fourth-order valence-corrected chi connectivity index (χ4v) is 4.23. The molecule has 2 heteroatoms. The molecule has 0 N–H and O–H groups in total. The van der Waals surface area contributed by atoms with Crippen molar-refractivity contribution in [2.75, 3.05) is 37.6 Å². The van der Waals surface area contributed by atoms with Gasteiger partial charge in [0, 0.05) is 38.4 Å². The molecule has 0 bridgehead atoms. The minimum atomic E-state index is 0.809. The predicted molar refractivity (Wildman–Crippen MR) is 107 cm³/mol. The number of rotatable bonds is 4. The van der Waals surface area contributed by atoms with Crippen LogP contribution in [0.3, 0.4) is 0 Å². The summed E-state index contributed by atoms with van der Waals surface area (Å²) in [5.74, 6) is 0.809. The second-order valence-electron chi connectivity index (χ2n) is 7.37. The van der Waals surface area contributed by atoms with Gasteiger partial charge in [-0.05, 0) is 48.4 Å². The summed E-state index contributed by atoms with van der Waals surface area (Å²) in [6, 6.07) is 21.8. The number of hydrogen-bond donors (Lipinski definition) is 0. The molecular weight excluding hydrogens is 304 g/mol. The zero-order valence-corrected chi connectivity index (χ0v) is 15.0. The first-order chi connectivity index (χ1) is 12.4. The Labute approximate surface area is 151 Å². The molecule has 0 radical (unpaired) electrons. The monoisotopic (exact) mass is 332 g/mol. The third kappa shape index (κ3) is 4.13. The molecule has 4 rings (SSSR count). The van der Waals surface area contributed by atoms with Gasteiger partial charge in [0.15, 0.2) is 0 Å². The van der Waals surface area contributed by atoms with Gasteiger partial charge < -0.3 is 4.90 Å². The van der Waals surface area contributed by atoms with Crippen molar-refractivity contribution in [3.05, 3.63) is 72.3 Å². The standard InChI is InChI=1S/C23H28N2/c1-3-9-21(10-4-1)22-11-7-8-20(18-22)19-24-14-16-25(17-15-24)23-12-5-2-6-13-23/h1-6,9-13,20H,7-8,14-19H2. The van der Waals surface area contributed by atoms with Crippen molar-refractivity contribution in [3.63, 3.8) is 0 Å². The summed E-state index contributed by atoms with van der Waals surface area (Å²) in [6.07, 6.45) is 6.27. The topological polar surface area (TPSA) is 6.48 Å². The van der Waals surface area contributed by atoms with Crippen LogP contribution in [0.5, 0.6) is 0 Å². The van der Waals surface area contributed by atoms with Gasteiger partial charge in [-0.1, -0.05) is 54.6 Å². The van der Waals surface area contributed by atoms with E-state index in [-0.39, 0.29) is 0 Å². The SMILES string of the molecule is C1=C(c2ccccc2)CC(CN2CCN(c3ccccc3)CC2)CC1. The highest BCUT2D eigenvalue weighted by molar-refractivity contribution is 5.66. The lowest BCUT2D eigenvalue weighted by atomic mass is 9.85. The molecule has 0 spiro atoms. The fourth-order valence-electron chi connectivity index (χ4n) is 4.23. The van der Waals surface area contributed by atoms with Gasteiger partial charge >= 0.3 is 0 Å². The molecule has 130 valence electrons. The molecule has 2 nitrogen and oxygen atoms in total. The van der Waals surface area contributed by atoms with Crippen molar-refractivity contribution in [3.8, 4) is 0 Å². The van der Waals surface area contributed by atoms with Crippen LogP contribution in [0.4, 0.5) is 5.69 Å². The number of allylic oxidation sites excluding steroid dienone is 2. The first-order valence-corrected chi connectivity index (χ1v) is 9.65. The first-order valence-electron chi connectivity index (χ1n) is 9.65. The van der Waals surface area contributed by atoms with Gasteiger partial charge in [-0.2, -0.15) is 0 Å². The van der Waals surface area contributed by atoms with Crippen molar-refractivity contribution in [2.24, 2.45) is 5.92 Å². The van der Waals surface area contributed by atoms with Crippen LogP contribution < -0.4 is 4.90 Å². The van der Waals surface area contributed by atoms with Gasteiger partial charge in [0.25, 0.3) is 0 Å². The van der Waals surface area contributed by atoms with E-state index < -0.39 is 0 Å². The van der Waals surface area contributed by atoms with E-state index in [1.165, 1.54) is 50.1 Å². The van der Waals surface area contributed by atoms with Crippen molar-refractivity contribution < 1.29 is 0 Å². The molecule has 2 aromatic carbocycles. The molecule has 1 heterocycles. The van der Waals surface area contributed by atoms with Crippen molar-refractivity contribution in [1.82, 2.24) is 4.90 Å². The van der Waals surface area contributed by atoms with Crippen LogP contribution in [0.15, 0.2) is 66.7 Å². The summed E-state index contributed by atoms with van der Waals surface area (Å²) in [5.41, 5.74) is 4.34. The Kier molecular flexibility index (Phi) is 5.17. The van der Waals surface area contributed by atoms with Crippen molar-refractivity contribution in [1.29, 1.82) is 0 Å². The third-order valence-corrected chi connectivity index (χ3v) is 5.63. The summed E-state index contributed by atoms with van der Waals surface area (Å²) in [5, 5.41) is 0. The van der Waals surface area contributed by atoms with E-state index >= 15 is 0 Å². The second kappa shape index (κ2) is 7.88. The molecule has 1 aliphatic heterocycles. The van der Waals surface area contributed by atoms with Gasteiger partial charge in [0.05, 0.1) is 0 Å². The third-order valence-electron chi connectivity index (χ3n) is 5.63. The molecule has 0 aromatic heterocycles. The molecule has 1 saturated heterocycles. The Balaban J connectivity index is 1.30. The van der Waals surface area contributed by atoms with Crippen LogP contribution >= 0.6 is 0 Å². The Bertz CT molecular complexity index is 685. The average molecular weight is 332 g/mol. The number of hydrogen-bond acceptors (Lipinski definition) is 2. The van der Waals surface area contributed by atoms with Crippen LogP contribution in [-0.2, 0) is 0 Å². The van der Waals surface area contributed by atoms with Crippen molar-refractivity contribution >= 4 is 11.3 Å². The molecule has 1 atom stereocenters. The van der Waals surface area contributed by atoms with E-state index in [9.17, 15) is 0 Å². The van der Waals surface area contributed by atoms with E-state index in [0.29, 0.717) is 0 Å². The summed E-state index contributed by atoms with van der Waals surface area (Å²) in [4.78, 5) is 5.20. The number of anilines is 1. The summed E-state index contributed by atoms with van der Waals surface area (Å²) >= 11 is 0. The van der Waals surface area contributed by atoms with Gasteiger partial charge in [0.1, 0.15) is 0 Å². The summed E-state index contributed by atoms with van der Waals surface area (Å²) in [6.45, 7) is 5.94. The smallest absolute Gasteiger partial charge is 0.0367 e. The first kappa shape index (κ1) is 16.4. The molecule has 2 aromatic rings. The molecule has 0 amide bonds. The summed E-state index contributed by atoms with van der Waals surface area (Å²) < 4.78 is 0. The van der Waals surface area contributed by atoms with Crippen molar-refractivity contribution in [2.45, 2.75) is 19.3 Å². The zero-order valence-electron chi connectivity index (χ0n) is 15.0. The highest BCUT2D eigenvalue weighted by atomic mass is 15.3. The van der Waals surface area contributed by atoms with Crippen LogP contribution in [0.1, 0.15) is 24.8 Å². The Morgan fingerprint density at radius 1 is 0.800 bits per heavy atom. The van der Waals surface area contributed by atoms with Crippen LogP contribution in [0.2, 0.25) is 0 Å². The Hall–Kier alpha value is -2.06. The van der Waals surface area contributed by atoms with Gasteiger partial charge in [-0.25, -0.2) is 0 Å². The zero-order chi connectivity index (χ0) is 16.9. The maximum atomic E-state index is 2.68. The second-order valence-corrected chi connectivity index (χ2v) is 7.37. The highest BCUT2D eigenvalue weighted by Crippen LogP contribution is 2.31. The Morgan fingerprint density at radius 3 is 2.20 bits per heavy atom. The van der Waals surface area contributed by atoms with E-state index in [1.54, 1.807) is 5.57 Å². The number of piperazine rings is 1. The quantitative estimate of drug-likeness (QED) is 0.801. The summed E-state index contributed by atoms with van der Waals surface area (Å²) in [7, 11) is 0. The normalized spacial score (nSPS) is 21.8. The molecule has 2 aliphatic rings. The Morgan fingerprint density at radius 2 is 1.48 bits per heavy atom. The predicted octanol–water partition coefficient (Wildman–Crippen LogP) is 4.69. The number of benzene rings is 2. The lowest BCUT2D eigenvalue weighted by molar-refractivity contribution is 0.213. The number of nitrogens with zero attached hydrogens (tertiary/aromatic N) is 2. The molecule has 0 saturated carbocycles. The van der Waals surface area contributed by atoms with Crippen LogP contribution in [-0.4, -0.2) is 37.6 Å². The molecular formula is C23H28N2. The van der Waals surface area contributed by atoms with E-state index in [4.69, 9.17) is 0 Å². The van der Waals surface area contributed by atoms with E-state index in [0.717, 1.165) is 19.0 Å². The van der Waals surface area contributed by atoms with E-state index in [1.807, 2.05) is 0 Å². The van der Waals surface area contributed by atoms with Gasteiger partial charge in [-0.15, -0.1) is 0 Å². The molecule has 25 heavy (non-hydrogen) atoms. The molecule has 1 aliphatic carbocycles. The lowest BCUT2D eigenvalue weighted by Crippen LogP contribution is -2.47. The van der Waals surface area contributed by atoms with Gasteiger partial charge in [0.2, 0.25) is 0 Å². The fraction of sp³-hybridized carbons (Fsp3) is 0.391.